The number of nitrogens with zero attached hydrogens (tertiary/aromatic N) is 2. The zero-order chi connectivity index (χ0) is 17.6. The molecule has 1 fully saturated rings. The van der Waals surface area contributed by atoms with Crippen LogP contribution < -0.4 is 4.74 Å². The van der Waals surface area contributed by atoms with E-state index in [-0.39, 0.29) is 24.1 Å². The number of benzene rings is 2. The number of ether oxygens (including phenoxy) is 2. The number of carbonyl (C=O) groups is 1. The van der Waals surface area contributed by atoms with Crippen LogP contribution in [0.15, 0.2) is 54.6 Å². The monoisotopic (exact) mass is 342 g/mol. The molecule has 2 aromatic carbocycles. The summed E-state index contributed by atoms with van der Waals surface area (Å²) in [6, 6.07) is 15.7. The molecule has 1 unspecified atom stereocenters. The lowest BCUT2D eigenvalue weighted by molar-refractivity contribution is -0.386. The molecule has 7 heteroatoms. The van der Waals surface area contributed by atoms with E-state index in [0.29, 0.717) is 19.5 Å². The Bertz CT molecular complexity index is 750. The van der Waals surface area contributed by atoms with E-state index in [2.05, 4.69) is 0 Å². The van der Waals surface area contributed by atoms with E-state index in [1.165, 1.54) is 6.07 Å². The lowest BCUT2D eigenvalue weighted by atomic mass is 10.2. The molecular weight excluding hydrogens is 324 g/mol. The molecule has 1 saturated heterocycles. The Kier molecular flexibility index (Phi) is 5.13. The van der Waals surface area contributed by atoms with Crippen LogP contribution in [0.2, 0.25) is 0 Å². The molecule has 25 heavy (non-hydrogen) atoms. The second kappa shape index (κ2) is 7.65. The maximum Gasteiger partial charge on any atom is 0.410 e. The van der Waals surface area contributed by atoms with Gasteiger partial charge in [0.25, 0.3) is 0 Å². The number of rotatable bonds is 5. The van der Waals surface area contributed by atoms with Crippen molar-refractivity contribution in [2.75, 3.05) is 13.1 Å². The third-order valence-electron chi connectivity index (χ3n) is 3.96. The number of para-hydroxylation sites is 2. The van der Waals surface area contributed by atoms with Crippen LogP contribution in [-0.4, -0.2) is 35.1 Å². The second-order valence-electron chi connectivity index (χ2n) is 5.74. The van der Waals surface area contributed by atoms with E-state index in [1.807, 2.05) is 30.3 Å². The molecule has 3 rings (SSSR count). The first-order valence-electron chi connectivity index (χ1n) is 7.99. The minimum Gasteiger partial charge on any atom is -0.482 e. The Morgan fingerprint density at radius 1 is 1.16 bits per heavy atom. The number of hydrogen-bond acceptors (Lipinski definition) is 5. The first kappa shape index (κ1) is 16.8. The molecule has 0 N–H and O–H groups in total. The lowest BCUT2D eigenvalue weighted by Gasteiger charge is -2.17. The normalized spacial score (nSPS) is 16.5. The van der Waals surface area contributed by atoms with Crippen LogP contribution in [0, 0.1) is 10.1 Å². The molecule has 1 atom stereocenters. The van der Waals surface area contributed by atoms with Gasteiger partial charge in [0.1, 0.15) is 12.7 Å². The summed E-state index contributed by atoms with van der Waals surface area (Å²) in [7, 11) is 0. The SMILES string of the molecule is O=C(OCc1ccccc1)N1CCC(Oc2ccccc2[N+](=O)[O-])C1. The van der Waals surface area contributed by atoms with Crippen LogP contribution in [0.25, 0.3) is 0 Å². The van der Waals surface area contributed by atoms with Crippen LogP contribution in [-0.2, 0) is 11.3 Å². The summed E-state index contributed by atoms with van der Waals surface area (Å²) in [6.45, 7) is 1.06. The fraction of sp³-hybridized carbons (Fsp3) is 0.278. The van der Waals surface area contributed by atoms with E-state index >= 15 is 0 Å². The van der Waals surface area contributed by atoms with Crippen molar-refractivity contribution in [2.45, 2.75) is 19.1 Å². The van der Waals surface area contributed by atoms with Gasteiger partial charge < -0.3 is 14.4 Å². The van der Waals surface area contributed by atoms with Crippen molar-refractivity contribution in [3.8, 4) is 5.75 Å². The molecule has 0 aromatic heterocycles. The molecule has 2 aromatic rings. The van der Waals surface area contributed by atoms with Gasteiger partial charge in [-0.25, -0.2) is 4.79 Å². The Morgan fingerprint density at radius 3 is 2.64 bits per heavy atom. The molecule has 1 aliphatic rings. The lowest BCUT2D eigenvalue weighted by Crippen LogP contribution is -2.31. The highest BCUT2D eigenvalue weighted by atomic mass is 16.6. The van der Waals surface area contributed by atoms with Crippen LogP contribution in [0.5, 0.6) is 5.75 Å². The van der Waals surface area contributed by atoms with E-state index in [1.54, 1.807) is 23.1 Å². The summed E-state index contributed by atoms with van der Waals surface area (Å²) in [6.07, 6.45) is -0.0881. The van der Waals surface area contributed by atoms with Crippen molar-refractivity contribution in [2.24, 2.45) is 0 Å². The van der Waals surface area contributed by atoms with Crippen LogP contribution >= 0.6 is 0 Å². The van der Waals surface area contributed by atoms with Gasteiger partial charge in [-0.1, -0.05) is 42.5 Å². The molecule has 0 saturated carbocycles. The standard InChI is InChI=1S/C18H18N2O5/c21-18(24-13-14-6-2-1-3-7-14)19-11-10-15(12-19)25-17-9-5-4-8-16(17)20(22)23/h1-9,15H,10-13H2. The summed E-state index contributed by atoms with van der Waals surface area (Å²) < 4.78 is 11.0. The molecule has 0 bridgehead atoms. The van der Waals surface area contributed by atoms with Gasteiger partial charge in [0.05, 0.1) is 11.5 Å². The molecule has 7 nitrogen and oxygen atoms in total. The summed E-state index contributed by atoms with van der Waals surface area (Å²) in [5.41, 5.74) is 0.843. The summed E-state index contributed by atoms with van der Waals surface area (Å²) >= 11 is 0. The first-order chi connectivity index (χ1) is 12.1. The van der Waals surface area contributed by atoms with Gasteiger partial charge in [-0.15, -0.1) is 0 Å². The first-order valence-corrected chi connectivity index (χ1v) is 7.99. The Morgan fingerprint density at radius 2 is 1.88 bits per heavy atom. The van der Waals surface area contributed by atoms with Gasteiger partial charge in [-0.3, -0.25) is 10.1 Å². The topological polar surface area (TPSA) is 81.9 Å². The van der Waals surface area contributed by atoms with Gasteiger partial charge in [-0.05, 0) is 11.6 Å². The molecule has 1 aliphatic heterocycles. The van der Waals surface area contributed by atoms with Crippen molar-refractivity contribution in [1.82, 2.24) is 4.90 Å². The van der Waals surface area contributed by atoms with Crippen LogP contribution in [0.3, 0.4) is 0 Å². The fourth-order valence-corrected chi connectivity index (χ4v) is 2.69. The molecule has 0 radical (unpaired) electrons. The van der Waals surface area contributed by atoms with E-state index in [0.717, 1.165) is 5.56 Å². The highest BCUT2D eigenvalue weighted by Gasteiger charge is 2.30. The quantitative estimate of drug-likeness (QED) is 0.614. The number of hydrogen-bond donors (Lipinski definition) is 0. The fourth-order valence-electron chi connectivity index (χ4n) is 2.69. The van der Waals surface area contributed by atoms with E-state index in [4.69, 9.17) is 9.47 Å². The smallest absolute Gasteiger partial charge is 0.410 e. The number of carbonyl (C=O) groups excluding carboxylic acids is 1. The molecular formula is C18H18N2O5. The Hall–Kier alpha value is -3.09. The van der Waals surface area contributed by atoms with Crippen LogP contribution in [0.1, 0.15) is 12.0 Å². The average molecular weight is 342 g/mol. The maximum atomic E-state index is 12.1. The summed E-state index contributed by atoms with van der Waals surface area (Å²) in [5, 5.41) is 11.0. The van der Waals surface area contributed by atoms with Crippen molar-refractivity contribution in [3.05, 3.63) is 70.3 Å². The summed E-state index contributed by atoms with van der Waals surface area (Å²) in [5.74, 6) is 0.219. The van der Waals surface area contributed by atoms with Gasteiger partial charge >= 0.3 is 11.8 Å². The highest BCUT2D eigenvalue weighted by molar-refractivity contribution is 5.68. The van der Waals surface area contributed by atoms with Crippen molar-refractivity contribution >= 4 is 11.8 Å². The van der Waals surface area contributed by atoms with Crippen molar-refractivity contribution in [1.29, 1.82) is 0 Å². The van der Waals surface area contributed by atoms with E-state index in [9.17, 15) is 14.9 Å². The molecule has 0 aliphatic carbocycles. The maximum absolute atomic E-state index is 12.1. The molecule has 0 spiro atoms. The predicted octanol–water partition coefficient (Wildman–Crippen LogP) is 3.38. The number of likely N-dealkylation sites (tertiary alicyclic amines) is 1. The molecule has 130 valence electrons. The Labute approximate surface area is 144 Å². The number of amides is 1. The number of nitro benzene ring substituents is 1. The minimum atomic E-state index is -0.476. The Balaban J connectivity index is 1.53. The highest BCUT2D eigenvalue weighted by Crippen LogP contribution is 2.28. The zero-order valence-corrected chi connectivity index (χ0v) is 13.5. The predicted molar refractivity (Wildman–Crippen MR) is 90.3 cm³/mol. The third kappa shape index (κ3) is 4.26. The van der Waals surface area contributed by atoms with E-state index < -0.39 is 11.0 Å². The van der Waals surface area contributed by atoms with Crippen molar-refractivity contribution in [3.63, 3.8) is 0 Å². The van der Waals surface area contributed by atoms with Gasteiger partial charge in [0.2, 0.25) is 0 Å². The molecule has 1 heterocycles. The van der Waals surface area contributed by atoms with Crippen molar-refractivity contribution < 1.29 is 19.2 Å². The van der Waals surface area contributed by atoms with Gasteiger partial charge in [0.15, 0.2) is 5.75 Å². The molecule has 1 amide bonds. The second-order valence-corrected chi connectivity index (χ2v) is 5.74. The average Bonchev–Trinajstić information content (AvgIpc) is 3.09. The van der Waals surface area contributed by atoms with Gasteiger partial charge in [-0.2, -0.15) is 0 Å². The van der Waals surface area contributed by atoms with Gasteiger partial charge in [0, 0.05) is 19.0 Å². The summed E-state index contributed by atoms with van der Waals surface area (Å²) in [4.78, 5) is 24.2. The third-order valence-corrected chi connectivity index (χ3v) is 3.96. The minimum absolute atomic E-state index is 0.0763. The van der Waals surface area contributed by atoms with Crippen LogP contribution in [0.4, 0.5) is 10.5 Å². The zero-order valence-electron chi connectivity index (χ0n) is 13.5. The largest absolute Gasteiger partial charge is 0.482 e. The number of nitro groups is 1.